The van der Waals surface area contributed by atoms with Crippen molar-refractivity contribution < 1.29 is 24.5 Å². The topological polar surface area (TPSA) is 241 Å². The molecule has 0 saturated heterocycles. The number of aryl methyl sites for hydroxylation is 8. The number of ether oxygens (including phenoxy) is 1. The van der Waals surface area contributed by atoms with E-state index in [1.165, 1.54) is 74.6 Å². The lowest BCUT2D eigenvalue weighted by atomic mass is 9.95. The average Bonchev–Trinajstić information content (AvgIpc) is 3.98. The second-order valence-corrected chi connectivity index (χ2v) is 15.8. The molecule has 342 valence electrons. The highest BCUT2D eigenvalue weighted by Gasteiger charge is 2.22. The number of carbonyl (C=O) groups is 2. The van der Waals surface area contributed by atoms with E-state index in [1.54, 1.807) is 34.0 Å². The summed E-state index contributed by atoms with van der Waals surface area (Å²) in [4.78, 5) is 58.0. The van der Waals surface area contributed by atoms with Crippen molar-refractivity contribution in [1.82, 2.24) is 49.5 Å². The van der Waals surface area contributed by atoms with Crippen LogP contribution in [-0.2, 0) is 61.0 Å². The van der Waals surface area contributed by atoms with Gasteiger partial charge in [0.2, 0.25) is 0 Å². The largest absolute Gasteiger partial charge is 0.481 e. The second kappa shape index (κ2) is 24.9. The molecule has 6 aromatic rings. The van der Waals surface area contributed by atoms with Crippen LogP contribution in [0.1, 0.15) is 127 Å². The van der Waals surface area contributed by atoms with Gasteiger partial charge < -0.3 is 19.9 Å². The standard InChI is InChI=1S/C23H27N5O3.C22H25N5O3.C2H3N.ClH/c1-31-23-24-14-17(15-25-23)21(13-22(29)30)28-12-11-19(27-28)7-4-6-18-10-9-16-5-2-3-8-20(16)26-18;28-21(29)12-20(16-13-23-22(30)24-14-16)27-11-10-18(26-27)6-3-5-17-9-8-15-4-1-2-7-19(15)25-17;1-2-3;/h9-12,14-15,21H,2-8,13H2,1H3,(H,29,30);8-11,13-14,20H,1-7,12H2,(H,28,29)(H,23,24,30);1H3;1H/t21-;20-;;/m00../s1. The number of methoxy groups -OCH3 is 1. The molecule has 0 saturated carbocycles. The summed E-state index contributed by atoms with van der Waals surface area (Å²) in [5.41, 5.74) is 10.2. The molecule has 3 N–H and O–H groups in total. The van der Waals surface area contributed by atoms with Crippen molar-refractivity contribution >= 4 is 24.3 Å². The monoisotopic (exact) mass is 905 g/mol. The predicted molar refractivity (Wildman–Crippen MR) is 243 cm³/mol. The molecule has 0 aliphatic heterocycles. The molecule has 0 fully saturated rings. The number of H-pyrrole nitrogens is 1. The highest BCUT2D eigenvalue weighted by atomic mass is 35.5. The lowest BCUT2D eigenvalue weighted by Gasteiger charge is -2.16. The molecule has 6 aromatic heterocycles. The van der Waals surface area contributed by atoms with Gasteiger partial charge in [-0.25, -0.2) is 19.7 Å². The third-order valence-electron chi connectivity index (χ3n) is 11.2. The van der Waals surface area contributed by atoms with Gasteiger partial charge in [-0.3, -0.25) is 28.9 Å². The summed E-state index contributed by atoms with van der Waals surface area (Å²) in [6, 6.07) is 13.6. The molecule has 0 aromatic carbocycles. The number of nitrogens with zero attached hydrogens (tertiary/aromatic N) is 10. The van der Waals surface area contributed by atoms with Crippen LogP contribution in [-0.4, -0.2) is 78.7 Å². The van der Waals surface area contributed by atoms with Crippen molar-refractivity contribution in [3.8, 4) is 12.1 Å². The molecule has 0 bridgehead atoms. The Morgan fingerprint density at radius 3 is 1.60 bits per heavy atom. The van der Waals surface area contributed by atoms with E-state index in [2.05, 4.69) is 54.4 Å². The SMILES string of the molecule is CC#N.COc1ncc([C@H](CC(=O)O)n2ccc(CCCc3ccc4c(n3)CCCC4)n2)cn1.Cl.O=C(O)C[C@@H](c1cnc(=O)[nH]c1)n1ccc(CCCc2ccc3c(n2)CCCC3)n1. The Morgan fingerprint density at radius 1 is 0.708 bits per heavy atom. The van der Waals surface area contributed by atoms with Crippen LogP contribution in [0, 0.1) is 11.3 Å². The van der Waals surface area contributed by atoms with Crippen LogP contribution >= 0.6 is 12.4 Å². The van der Waals surface area contributed by atoms with E-state index < -0.39 is 29.7 Å². The van der Waals surface area contributed by atoms with Crippen molar-refractivity contribution in [2.75, 3.05) is 7.11 Å². The first-order valence-electron chi connectivity index (χ1n) is 21.8. The van der Waals surface area contributed by atoms with Gasteiger partial charge in [0.1, 0.15) is 0 Å². The average molecular weight is 906 g/mol. The molecule has 6 heterocycles. The summed E-state index contributed by atoms with van der Waals surface area (Å²) in [5.74, 6) is -1.85. The maximum atomic E-state index is 11.4. The number of nitriles is 1. The predicted octanol–water partition coefficient (Wildman–Crippen LogP) is 6.63. The minimum absolute atomic E-state index is 0. The first kappa shape index (κ1) is 49.2. The molecular weight excluding hydrogens is 850 g/mol. The van der Waals surface area contributed by atoms with Gasteiger partial charge in [-0.15, -0.1) is 12.4 Å². The number of aromatic amines is 1. The smallest absolute Gasteiger partial charge is 0.344 e. The van der Waals surface area contributed by atoms with Gasteiger partial charge in [0.15, 0.2) is 0 Å². The number of carboxylic acids is 2. The molecule has 2 aliphatic carbocycles. The molecule has 18 heteroatoms. The molecule has 2 aliphatic rings. The van der Waals surface area contributed by atoms with Gasteiger partial charge in [0, 0.05) is 78.0 Å². The number of nitrogens with one attached hydrogen (secondary N) is 1. The second-order valence-electron chi connectivity index (χ2n) is 15.8. The number of hydrogen-bond acceptors (Lipinski definition) is 12. The van der Waals surface area contributed by atoms with Gasteiger partial charge >= 0.3 is 23.6 Å². The van der Waals surface area contributed by atoms with E-state index in [1.807, 2.05) is 18.3 Å². The van der Waals surface area contributed by atoms with Crippen LogP contribution in [0.3, 0.4) is 0 Å². The van der Waals surface area contributed by atoms with Crippen molar-refractivity contribution in [1.29, 1.82) is 5.26 Å². The number of aromatic nitrogens is 10. The fourth-order valence-electron chi connectivity index (χ4n) is 8.00. The van der Waals surface area contributed by atoms with Crippen molar-refractivity contribution in [3.63, 3.8) is 0 Å². The lowest BCUT2D eigenvalue weighted by molar-refractivity contribution is -0.138. The molecule has 0 radical (unpaired) electrons. The maximum Gasteiger partial charge on any atom is 0.344 e. The van der Waals surface area contributed by atoms with Crippen molar-refractivity contribution in [3.05, 3.63) is 140 Å². The molecule has 8 rings (SSSR count). The number of carboxylic acid groups (broad SMARTS) is 2. The number of halogens is 1. The minimum Gasteiger partial charge on any atom is -0.481 e. The zero-order chi connectivity index (χ0) is 45.3. The van der Waals surface area contributed by atoms with Gasteiger partial charge in [0.25, 0.3) is 0 Å². The fraction of sp³-hybridized carbons (Fsp3) is 0.426. The van der Waals surface area contributed by atoms with E-state index in [-0.39, 0.29) is 31.3 Å². The van der Waals surface area contributed by atoms with Gasteiger partial charge in [-0.2, -0.15) is 15.5 Å². The number of fused-ring (bicyclic) bond motifs is 2. The Kier molecular flexibility index (Phi) is 18.8. The summed E-state index contributed by atoms with van der Waals surface area (Å²) >= 11 is 0. The quantitative estimate of drug-likeness (QED) is 0.0871. The third-order valence-corrected chi connectivity index (χ3v) is 11.2. The molecular formula is C47H56ClN11O6. The van der Waals surface area contributed by atoms with Gasteiger partial charge in [-0.1, -0.05) is 12.1 Å². The Balaban J connectivity index is 0.000000227. The van der Waals surface area contributed by atoms with Crippen molar-refractivity contribution in [2.45, 2.75) is 122 Å². The van der Waals surface area contributed by atoms with E-state index in [4.69, 9.17) is 20.0 Å². The number of hydrogen-bond donors (Lipinski definition) is 3. The number of pyridine rings is 2. The number of aliphatic carboxylic acids is 2. The van der Waals surface area contributed by atoms with Crippen LogP contribution in [0.15, 0.2) is 78.4 Å². The van der Waals surface area contributed by atoms with Gasteiger partial charge in [0.05, 0.1) is 49.5 Å². The highest BCUT2D eigenvalue weighted by molar-refractivity contribution is 5.85. The van der Waals surface area contributed by atoms with E-state index in [9.17, 15) is 24.6 Å². The van der Waals surface area contributed by atoms with Crippen LogP contribution < -0.4 is 10.4 Å². The minimum atomic E-state index is -0.943. The van der Waals surface area contributed by atoms with Crippen LogP contribution in [0.5, 0.6) is 6.01 Å². The fourth-order valence-corrected chi connectivity index (χ4v) is 8.00. The molecule has 2 atom stereocenters. The summed E-state index contributed by atoms with van der Waals surface area (Å²) in [5, 5.41) is 35.2. The molecule has 0 amide bonds. The first-order chi connectivity index (χ1) is 31.1. The maximum absolute atomic E-state index is 11.4. The third kappa shape index (κ3) is 14.6. The lowest BCUT2D eigenvalue weighted by Crippen LogP contribution is -2.19. The Bertz CT molecular complexity index is 2550. The highest BCUT2D eigenvalue weighted by Crippen LogP contribution is 2.25. The van der Waals surface area contributed by atoms with E-state index >= 15 is 0 Å². The normalized spacial score (nSPS) is 13.4. The molecule has 0 unspecified atom stereocenters. The van der Waals surface area contributed by atoms with Crippen LogP contribution in [0.4, 0.5) is 0 Å². The van der Waals surface area contributed by atoms with Gasteiger partial charge in [-0.05, 0) is 125 Å². The zero-order valence-electron chi connectivity index (χ0n) is 36.8. The number of rotatable bonds is 17. The van der Waals surface area contributed by atoms with Crippen molar-refractivity contribution in [2.24, 2.45) is 0 Å². The summed E-state index contributed by atoms with van der Waals surface area (Å²) in [7, 11) is 1.49. The van der Waals surface area contributed by atoms with Crippen LogP contribution in [0.25, 0.3) is 0 Å². The molecule has 17 nitrogen and oxygen atoms in total. The summed E-state index contributed by atoms with van der Waals surface area (Å²) in [6.45, 7) is 1.43. The summed E-state index contributed by atoms with van der Waals surface area (Å²) in [6.07, 6.45) is 24.1. The first-order valence-corrected chi connectivity index (χ1v) is 21.8. The van der Waals surface area contributed by atoms with Crippen LogP contribution in [0.2, 0.25) is 0 Å². The zero-order valence-corrected chi connectivity index (χ0v) is 37.6. The van der Waals surface area contributed by atoms with E-state index in [0.717, 1.165) is 87.0 Å². The Labute approximate surface area is 383 Å². The Hall–Kier alpha value is -6.80. The molecule has 65 heavy (non-hydrogen) atoms. The Morgan fingerprint density at radius 2 is 1.15 bits per heavy atom. The van der Waals surface area contributed by atoms with E-state index in [0.29, 0.717) is 11.1 Å². The molecule has 0 spiro atoms. The summed E-state index contributed by atoms with van der Waals surface area (Å²) < 4.78 is 8.31.